The van der Waals surface area contributed by atoms with E-state index in [0.717, 1.165) is 0 Å². The molecule has 2 atom stereocenters. The fourth-order valence-corrected chi connectivity index (χ4v) is 2.31. The summed E-state index contributed by atoms with van der Waals surface area (Å²) < 4.78 is 5.43. The molecule has 0 aromatic heterocycles. The van der Waals surface area contributed by atoms with Gasteiger partial charge in [0.1, 0.15) is 5.69 Å². The Kier molecular flexibility index (Phi) is 4.24. The highest BCUT2D eigenvalue weighted by Gasteiger charge is 2.30. The normalized spacial score (nSPS) is 23.4. The van der Waals surface area contributed by atoms with Crippen LogP contribution in [-0.4, -0.2) is 41.9 Å². The van der Waals surface area contributed by atoms with E-state index in [2.05, 4.69) is 0 Å². The van der Waals surface area contributed by atoms with Gasteiger partial charge in [-0.3, -0.25) is 10.1 Å². The van der Waals surface area contributed by atoms with Crippen molar-refractivity contribution in [2.24, 2.45) is 0 Å². The molecule has 2 unspecified atom stereocenters. The number of rotatable bonds is 3. The summed E-state index contributed by atoms with van der Waals surface area (Å²) in [6.07, 6.45) is -0.338. The van der Waals surface area contributed by atoms with Crippen molar-refractivity contribution in [3.63, 3.8) is 0 Å². The summed E-state index contributed by atoms with van der Waals surface area (Å²) >= 11 is 5.93. The maximum Gasteiger partial charge on any atom is 0.292 e. The van der Waals surface area contributed by atoms with Crippen molar-refractivity contribution < 1.29 is 14.8 Å². The van der Waals surface area contributed by atoms with E-state index in [1.165, 1.54) is 12.1 Å². The summed E-state index contributed by atoms with van der Waals surface area (Å²) in [5.41, 5.74) is 0.474. The lowest BCUT2D eigenvalue weighted by molar-refractivity contribution is -0.384. The molecule has 1 saturated heterocycles. The number of aliphatic hydroxyl groups excluding tert-OH is 1. The predicted octanol–water partition coefficient (Wildman–Crippen LogP) is 1.83. The van der Waals surface area contributed by atoms with Crippen molar-refractivity contribution in [2.45, 2.75) is 19.1 Å². The van der Waals surface area contributed by atoms with E-state index < -0.39 is 4.92 Å². The van der Waals surface area contributed by atoms with Gasteiger partial charge in [-0.05, 0) is 19.1 Å². The number of hydrogen-bond acceptors (Lipinski definition) is 5. The molecule has 7 heteroatoms. The van der Waals surface area contributed by atoms with Crippen molar-refractivity contribution in [3.8, 4) is 0 Å². The highest BCUT2D eigenvalue weighted by atomic mass is 35.5. The smallest absolute Gasteiger partial charge is 0.292 e. The van der Waals surface area contributed by atoms with Gasteiger partial charge in [0.25, 0.3) is 5.69 Å². The second kappa shape index (κ2) is 5.73. The number of halogens is 1. The molecular weight excluding hydrogens is 272 g/mol. The zero-order valence-electron chi connectivity index (χ0n) is 10.5. The number of anilines is 1. The van der Waals surface area contributed by atoms with Crippen molar-refractivity contribution in [1.82, 2.24) is 0 Å². The van der Waals surface area contributed by atoms with Gasteiger partial charge in [-0.2, -0.15) is 0 Å². The Morgan fingerprint density at radius 3 is 3.00 bits per heavy atom. The first-order valence-corrected chi connectivity index (χ1v) is 6.33. The van der Waals surface area contributed by atoms with Crippen LogP contribution >= 0.6 is 11.6 Å². The summed E-state index contributed by atoms with van der Waals surface area (Å²) in [5, 5.41) is 20.7. The standard InChI is InChI=1S/C12H15ClN2O4/c1-8-7-19-10(6-16)5-14(8)12-4-9(13)2-3-11(12)15(17)18/h2-4,8,10,16H,5-7H2,1H3. The van der Waals surface area contributed by atoms with Crippen LogP contribution in [0.1, 0.15) is 6.92 Å². The van der Waals surface area contributed by atoms with Gasteiger partial charge in [0, 0.05) is 23.7 Å². The average Bonchev–Trinajstić information content (AvgIpc) is 2.38. The Labute approximate surface area is 115 Å². The quantitative estimate of drug-likeness (QED) is 0.678. The molecule has 0 aliphatic carbocycles. The van der Waals surface area contributed by atoms with Crippen LogP contribution in [0.2, 0.25) is 5.02 Å². The molecule has 6 nitrogen and oxygen atoms in total. The maximum atomic E-state index is 11.1. The van der Waals surface area contributed by atoms with Crippen LogP contribution in [0.15, 0.2) is 18.2 Å². The van der Waals surface area contributed by atoms with Gasteiger partial charge in [-0.1, -0.05) is 11.6 Å². The number of ether oxygens (including phenoxy) is 1. The summed E-state index contributed by atoms with van der Waals surface area (Å²) in [7, 11) is 0. The lowest BCUT2D eigenvalue weighted by Crippen LogP contribution is -2.49. The summed E-state index contributed by atoms with van der Waals surface area (Å²) in [6, 6.07) is 4.46. The monoisotopic (exact) mass is 286 g/mol. The zero-order chi connectivity index (χ0) is 14.0. The first kappa shape index (κ1) is 14.0. The molecule has 1 heterocycles. The fourth-order valence-electron chi connectivity index (χ4n) is 2.14. The number of hydrogen-bond donors (Lipinski definition) is 1. The van der Waals surface area contributed by atoms with Crippen molar-refractivity contribution in [3.05, 3.63) is 33.3 Å². The Bertz CT molecular complexity index is 483. The lowest BCUT2D eigenvalue weighted by Gasteiger charge is -2.38. The topological polar surface area (TPSA) is 75.8 Å². The van der Waals surface area contributed by atoms with Crippen LogP contribution in [0.4, 0.5) is 11.4 Å². The van der Waals surface area contributed by atoms with E-state index in [4.69, 9.17) is 21.4 Å². The predicted molar refractivity (Wildman–Crippen MR) is 71.7 cm³/mol. The number of aliphatic hydroxyl groups is 1. The molecule has 1 aromatic rings. The number of nitro benzene ring substituents is 1. The molecular formula is C12H15ClN2O4. The number of nitrogens with zero attached hydrogens (tertiary/aromatic N) is 2. The molecule has 19 heavy (non-hydrogen) atoms. The highest BCUT2D eigenvalue weighted by molar-refractivity contribution is 6.31. The molecule has 0 bridgehead atoms. The maximum absolute atomic E-state index is 11.1. The van der Waals surface area contributed by atoms with Crippen molar-refractivity contribution in [2.75, 3.05) is 24.7 Å². The lowest BCUT2D eigenvalue weighted by atomic mass is 10.1. The minimum absolute atomic E-state index is 0.00911. The highest BCUT2D eigenvalue weighted by Crippen LogP contribution is 2.33. The summed E-state index contributed by atoms with van der Waals surface area (Å²) in [5.74, 6) is 0. The van der Waals surface area contributed by atoms with Gasteiger partial charge < -0.3 is 14.7 Å². The van der Waals surface area contributed by atoms with Gasteiger partial charge >= 0.3 is 0 Å². The molecule has 1 aliphatic heterocycles. The van der Waals surface area contributed by atoms with Crippen molar-refractivity contribution in [1.29, 1.82) is 0 Å². The molecule has 0 amide bonds. The summed E-state index contributed by atoms with van der Waals surface area (Å²) in [4.78, 5) is 12.5. The molecule has 1 N–H and O–H groups in total. The molecule has 1 aromatic carbocycles. The Hall–Kier alpha value is -1.37. The van der Waals surface area contributed by atoms with Crippen LogP contribution in [0.25, 0.3) is 0 Å². The third-order valence-electron chi connectivity index (χ3n) is 3.15. The second-order valence-electron chi connectivity index (χ2n) is 4.53. The fraction of sp³-hybridized carbons (Fsp3) is 0.500. The SMILES string of the molecule is CC1COC(CO)CN1c1cc(Cl)ccc1[N+](=O)[O-]. The number of morpholine rings is 1. The van der Waals surface area contributed by atoms with E-state index in [0.29, 0.717) is 23.9 Å². The molecule has 2 rings (SSSR count). The molecule has 0 spiro atoms. The van der Waals surface area contributed by atoms with Gasteiger partial charge in [0.15, 0.2) is 0 Å². The minimum Gasteiger partial charge on any atom is -0.394 e. The van der Waals surface area contributed by atoms with Gasteiger partial charge in [0.2, 0.25) is 0 Å². The largest absolute Gasteiger partial charge is 0.394 e. The first-order chi connectivity index (χ1) is 9.02. The van der Waals surface area contributed by atoms with Gasteiger partial charge in [0.05, 0.1) is 24.2 Å². The third kappa shape index (κ3) is 2.97. The van der Waals surface area contributed by atoms with Crippen LogP contribution in [0.3, 0.4) is 0 Å². The zero-order valence-corrected chi connectivity index (χ0v) is 11.2. The van der Waals surface area contributed by atoms with Crippen LogP contribution in [0, 0.1) is 10.1 Å². The molecule has 0 radical (unpaired) electrons. The van der Waals surface area contributed by atoms with E-state index in [1.54, 1.807) is 6.07 Å². The van der Waals surface area contributed by atoms with E-state index in [-0.39, 0.29) is 24.4 Å². The van der Waals surface area contributed by atoms with Gasteiger partial charge in [-0.15, -0.1) is 0 Å². The molecule has 104 valence electrons. The van der Waals surface area contributed by atoms with Crippen LogP contribution < -0.4 is 4.90 Å². The first-order valence-electron chi connectivity index (χ1n) is 5.96. The summed E-state index contributed by atoms with van der Waals surface area (Å²) in [6.45, 7) is 2.61. The third-order valence-corrected chi connectivity index (χ3v) is 3.39. The van der Waals surface area contributed by atoms with Crippen LogP contribution in [-0.2, 0) is 4.74 Å². The molecule has 1 aliphatic rings. The van der Waals surface area contributed by atoms with E-state index in [9.17, 15) is 10.1 Å². The molecule has 1 fully saturated rings. The van der Waals surface area contributed by atoms with E-state index in [1.807, 2.05) is 11.8 Å². The Morgan fingerprint density at radius 2 is 2.37 bits per heavy atom. The van der Waals surface area contributed by atoms with Gasteiger partial charge in [-0.25, -0.2) is 0 Å². The second-order valence-corrected chi connectivity index (χ2v) is 4.97. The Morgan fingerprint density at radius 1 is 1.63 bits per heavy atom. The molecule has 0 saturated carbocycles. The van der Waals surface area contributed by atoms with Crippen molar-refractivity contribution >= 4 is 23.0 Å². The average molecular weight is 287 g/mol. The Balaban J connectivity index is 2.38. The minimum atomic E-state index is -0.429. The van der Waals surface area contributed by atoms with E-state index >= 15 is 0 Å². The van der Waals surface area contributed by atoms with Crippen LogP contribution in [0.5, 0.6) is 0 Å². The number of benzene rings is 1. The number of nitro groups is 1.